The van der Waals surface area contributed by atoms with E-state index in [1.807, 2.05) is 0 Å². The normalized spacial score (nSPS) is 41.2. The van der Waals surface area contributed by atoms with Crippen LogP contribution in [0.3, 0.4) is 0 Å². The molecule has 2 nitrogen and oxygen atoms in total. The van der Waals surface area contributed by atoms with Gasteiger partial charge in [-0.25, -0.2) is 0 Å². The highest BCUT2D eigenvalue weighted by atomic mass is 16.5. The standard InChI is InChI=1S/C14H27NO/c1-11-5-8-14(9-6-11)15-12(7-10-16-14)13(2,3)4/h11-12,15H,5-10H2,1-4H3. The van der Waals surface area contributed by atoms with E-state index < -0.39 is 0 Å². The van der Waals surface area contributed by atoms with Crippen molar-refractivity contribution in [2.45, 2.75) is 71.6 Å². The molecule has 0 amide bonds. The summed E-state index contributed by atoms with van der Waals surface area (Å²) in [6.45, 7) is 10.3. The molecule has 2 aliphatic rings. The molecule has 2 rings (SSSR count). The lowest BCUT2D eigenvalue weighted by Gasteiger charge is -2.49. The van der Waals surface area contributed by atoms with E-state index in [1.165, 1.54) is 25.7 Å². The Morgan fingerprint density at radius 2 is 1.75 bits per heavy atom. The van der Waals surface area contributed by atoms with Gasteiger partial charge in [0.2, 0.25) is 0 Å². The molecule has 0 aromatic carbocycles. The zero-order chi connectivity index (χ0) is 11.8. The molecule has 1 saturated heterocycles. The molecule has 2 fully saturated rings. The van der Waals surface area contributed by atoms with E-state index >= 15 is 0 Å². The van der Waals surface area contributed by atoms with Gasteiger partial charge in [0.15, 0.2) is 0 Å². The molecule has 1 heterocycles. The van der Waals surface area contributed by atoms with E-state index in [0.717, 1.165) is 18.9 Å². The van der Waals surface area contributed by atoms with Gasteiger partial charge in [-0.3, -0.25) is 5.32 Å². The summed E-state index contributed by atoms with van der Waals surface area (Å²) in [5.41, 5.74) is 0.364. The van der Waals surface area contributed by atoms with Gasteiger partial charge >= 0.3 is 0 Å². The molecule has 16 heavy (non-hydrogen) atoms. The maximum absolute atomic E-state index is 6.07. The minimum atomic E-state index is 0.0166. The molecule has 0 aromatic rings. The van der Waals surface area contributed by atoms with Crippen LogP contribution in [0.25, 0.3) is 0 Å². The quantitative estimate of drug-likeness (QED) is 0.683. The molecule has 1 atom stereocenters. The van der Waals surface area contributed by atoms with E-state index in [0.29, 0.717) is 11.5 Å². The van der Waals surface area contributed by atoms with E-state index in [4.69, 9.17) is 4.74 Å². The average molecular weight is 225 g/mol. The SMILES string of the molecule is CC1CCC2(CC1)NC(C(C)(C)C)CCO2. The van der Waals surface area contributed by atoms with Gasteiger partial charge in [-0.05, 0) is 43.4 Å². The van der Waals surface area contributed by atoms with Crippen molar-refractivity contribution in [3.05, 3.63) is 0 Å². The zero-order valence-electron chi connectivity index (χ0n) is 11.3. The van der Waals surface area contributed by atoms with Crippen LogP contribution in [0.15, 0.2) is 0 Å². The van der Waals surface area contributed by atoms with Crippen LogP contribution in [0.1, 0.15) is 59.8 Å². The molecule has 1 unspecified atom stereocenters. The summed E-state index contributed by atoms with van der Waals surface area (Å²) in [6, 6.07) is 0.606. The van der Waals surface area contributed by atoms with Crippen molar-refractivity contribution in [1.82, 2.24) is 5.32 Å². The molecule has 1 spiro atoms. The average Bonchev–Trinajstić information content (AvgIpc) is 2.22. The fraction of sp³-hybridized carbons (Fsp3) is 1.00. The summed E-state index contributed by atoms with van der Waals surface area (Å²) in [4.78, 5) is 0. The van der Waals surface area contributed by atoms with E-state index in [-0.39, 0.29) is 5.72 Å². The summed E-state index contributed by atoms with van der Waals surface area (Å²) >= 11 is 0. The van der Waals surface area contributed by atoms with Gasteiger partial charge in [0.25, 0.3) is 0 Å². The van der Waals surface area contributed by atoms with Crippen LogP contribution >= 0.6 is 0 Å². The molecular formula is C14H27NO. The molecule has 1 aliphatic carbocycles. The fourth-order valence-corrected chi connectivity index (χ4v) is 2.97. The first-order valence-corrected chi connectivity index (χ1v) is 6.83. The Bertz CT molecular complexity index is 236. The van der Waals surface area contributed by atoms with Crippen molar-refractivity contribution < 1.29 is 4.74 Å². The van der Waals surface area contributed by atoms with Crippen LogP contribution in [0.2, 0.25) is 0 Å². The van der Waals surface area contributed by atoms with Gasteiger partial charge in [0.05, 0.1) is 6.61 Å². The molecule has 0 radical (unpaired) electrons. The molecule has 1 saturated carbocycles. The van der Waals surface area contributed by atoms with Gasteiger partial charge in [0, 0.05) is 6.04 Å². The first-order valence-electron chi connectivity index (χ1n) is 6.83. The number of hydrogen-bond donors (Lipinski definition) is 1. The van der Waals surface area contributed by atoms with Crippen molar-refractivity contribution >= 4 is 0 Å². The van der Waals surface area contributed by atoms with Gasteiger partial charge in [-0.15, -0.1) is 0 Å². The Kier molecular flexibility index (Phi) is 3.33. The van der Waals surface area contributed by atoms with E-state index in [2.05, 4.69) is 33.0 Å². The summed E-state index contributed by atoms with van der Waals surface area (Å²) in [5, 5.41) is 3.81. The van der Waals surface area contributed by atoms with Crippen molar-refractivity contribution in [3.8, 4) is 0 Å². The largest absolute Gasteiger partial charge is 0.361 e. The molecule has 1 N–H and O–H groups in total. The monoisotopic (exact) mass is 225 g/mol. The predicted octanol–water partition coefficient (Wildman–Crippen LogP) is 3.32. The number of ether oxygens (including phenoxy) is 1. The molecule has 2 heteroatoms. The van der Waals surface area contributed by atoms with Gasteiger partial charge < -0.3 is 4.74 Å². The highest BCUT2D eigenvalue weighted by Gasteiger charge is 2.42. The predicted molar refractivity (Wildman–Crippen MR) is 67.3 cm³/mol. The van der Waals surface area contributed by atoms with Crippen LogP contribution in [0, 0.1) is 11.3 Å². The summed E-state index contributed by atoms with van der Waals surface area (Å²) in [5.74, 6) is 0.881. The Hall–Kier alpha value is -0.0800. The first-order chi connectivity index (χ1) is 7.41. The third kappa shape index (κ3) is 2.60. The van der Waals surface area contributed by atoms with Crippen LogP contribution < -0.4 is 5.32 Å². The second-order valence-corrected chi connectivity index (χ2v) is 6.88. The topological polar surface area (TPSA) is 21.3 Å². The van der Waals surface area contributed by atoms with Gasteiger partial charge in [0.1, 0.15) is 5.72 Å². The molecule has 0 bridgehead atoms. The Morgan fingerprint density at radius 3 is 2.31 bits per heavy atom. The highest BCUT2D eigenvalue weighted by Crippen LogP contribution is 2.38. The highest BCUT2D eigenvalue weighted by molar-refractivity contribution is 4.94. The minimum absolute atomic E-state index is 0.0166. The maximum atomic E-state index is 6.07. The lowest BCUT2D eigenvalue weighted by atomic mass is 9.79. The van der Waals surface area contributed by atoms with E-state index in [1.54, 1.807) is 0 Å². The van der Waals surface area contributed by atoms with Crippen molar-refractivity contribution in [2.75, 3.05) is 6.61 Å². The van der Waals surface area contributed by atoms with Crippen molar-refractivity contribution in [1.29, 1.82) is 0 Å². The summed E-state index contributed by atoms with van der Waals surface area (Å²) < 4.78 is 6.07. The lowest BCUT2D eigenvalue weighted by Crippen LogP contribution is -2.61. The second kappa shape index (κ2) is 4.30. The van der Waals surface area contributed by atoms with Crippen molar-refractivity contribution in [3.63, 3.8) is 0 Å². The van der Waals surface area contributed by atoms with Crippen LogP contribution in [-0.2, 0) is 4.74 Å². The zero-order valence-corrected chi connectivity index (χ0v) is 11.3. The summed E-state index contributed by atoms with van der Waals surface area (Å²) in [7, 11) is 0. The fourth-order valence-electron chi connectivity index (χ4n) is 2.97. The Morgan fingerprint density at radius 1 is 1.12 bits per heavy atom. The minimum Gasteiger partial charge on any atom is -0.361 e. The second-order valence-electron chi connectivity index (χ2n) is 6.88. The van der Waals surface area contributed by atoms with E-state index in [9.17, 15) is 0 Å². The van der Waals surface area contributed by atoms with Crippen molar-refractivity contribution in [2.24, 2.45) is 11.3 Å². The van der Waals surface area contributed by atoms with Crippen LogP contribution in [0.4, 0.5) is 0 Å². The maximum Gasteiger partial charge on any atom is 0.119 e. The number of nitrogens with one attached hydrogen (secondary N) is 1. The molecule has 94 valence electrons. The van der Waals surface area contributed by atoms with Gasteiger partial charge in [-0.2, -0.15) is 0 Å². The third-order valence-corrected chi connectivity index (χ3v) is 4.35. The third-order valence-electron chi connectivity index (χ3n) is 4.35. The number of rotatable bonds is 0. The van der Waals surface area contributed by atoms with Gasteiger partial charge in [-0.1, -0.05) is 27.7 Å². The smallest absolute Gasteiger partial charge is 0.119 e. The lowest BCUT2D eigenvalue weighted by molar-refractivity contribution is -0.146. The molecular weight excluding hydrogens is 198 g/mol. The number of hydrogen-bond acceptors (Lipinski definition) is 2. The first kappa shape index (κ1) is 12.4. The summed E-state index contributed by atoms with van der Waals surface area (Å²) in [6.07, 6.45) is 6.16. The molecule has 1 aliphatic heterocycles. The van der Waals surface area contributed by atoms with Crippen LogP contribution in [0.5, 0.6) is 0 Å². The molecule has 0 aromatic heterocycles. The van der Waals surface area contributed by atoms with Crippen LogP contribution in [-0.4, -0.2) is 18.4 Å². The Labute approximate surface area is 100 Å². The Balaban J connectivity index is 2.01.